The average Bonchev–Trinajstić information content (AvgIpc) is 3.32. The van der Waals surface area contributed by atoms with Gasteiger partial charge < -0.3 is 10.1 Å². The van der Waals surface area contributed by atoms with E-state index in [0.29, 0.717) is 36.4 Å². The summed E-state index contributed by atoms with van der Waals surface area (Å²) in [5.41, 5.74) is 0.527. The lowest BCUT2D eigenvalue weighted by Crippen LogP contribution is -2.35. The molecule has 6 nitrogen and oxygen atoms in total. The number of piperidine rings is 1. The molecule has 1 aliphatic heterocycles. The van der Waals surface area contributed by atoms with Gasteiger partial charge >= 0.3 is 0 Å². The van der Waals surface area contributed by atoms with Crippen LogP contribution in [0.25, 0.3) is 0 Å². The van der Waals surface area contributed by atoms with Crippen LogP contribution in [0.1, 0.15) is 44.9 Å². The number of anilines is 1. The lowest BCUT2D eigenvalue weighted by Gasteiger charge is -2.27. The minimum atomic E-state index is -3.63. The van der Waals surface area contributed by atoms with Crippen LogP contribution in [0.4, 0.5) is 5.69 Å². The van der Waals surface area contributed by atoms with Crippen LogP contribution in [-0.4, -0.2) is 38.8 Å². The van der Waals surface area contributed by atoms with E-state index >= 15 is 0 Å². The van der Waals surface area contributed by atoms with Crippen molar-refractivity contribution in [3.63, 3.8) is 0 Å². The first-order valence-corrected chi connectivity index (χ1v) is 11.4. The van der Waals surface area contributed by atoms with Crippen molar-refractivity contribution in [2.75, 3.05) is 25.5 Å². The first-order chi connectivity index (χ1) is 13.0. The fourth-order valence-corrected chi connectivity index (χ4v) is 6.70. The molecule has 1 aromatic rings. The number of hydrogen-bond donors (Lipinski definition) is 1. The molecule has 2 saturated carbocycles. The molecule has 1 amide bonds. The smallest absolute Gasteiger partial charge is 0.246 e. The summed E-state index contributed by atoms with van der Waals surface area (Å²) in [6, 6.07) is 4.90. The third-order valence-corrected chi connectivity index (χ3v) is 8.36. The van der Waals surface area contributed by atoms with Gasteiger partial charge in [0.25, 0.3) is 0 Å². The van der Waals surface area contributed by atoms with E-state index in [0.717, 1.165) is 38.5 Å². The first kappa shape index (κ1) is 18.7. The van der Waals surface area contributed by atoms with Crippen LogP contribution in [0.3, 0.4) is 0 Å². The number of carbonyl (C=O) groups is 1. The zero-order valence-electron chi connectivity index (χ0n) is 15.8. The van der Waals surface area contributed by atoms with Crippen molar-refractivity contribution >= 4 is 21.6 Å². The molecule has 4 rings (SSSR count). The number of nitrogens with one attached hydrogen (secondary N) is 1. The number of nitrogens with zero attached hydrogens (tertiary/aromatic N) is 1. The minimum absolute atomic E-state index is 0.0219. The fraction of sp³-hybridized carbons (Fsp3) is 0.650. The van der Waals surface area contributed by atoms with Crippen molar-refractivity contribution in [3.8, 4) is 5.75 Å². The summed E-state index contributed by atoms with van der Waals surface area (Å²) in [5.74, 6) is 1.58. The van der Waals surface area contributed by atoms with Crippen LogP contribution in [0.2, 0.25) is 0 Å². The van der Waals surface area contributed by atoms with Gasteiger partial charge in [0.05, 0.1) is 7.11 Å². The highest BCUT2D eigenvalue weighted by Gasteiger charge is 2.43. The Morgan fingerprint density at radius 3 is 2.56 bits per heavy atom. The third-order valence-electron chi connectivity index (χ3n) is 6.44. The third kappa shape index (κ3) is 3.59. The van der Waals surface area contributed by atoms with Crippen molar-refractivity contribution in [2.45, 2.75) is 49.8 Å². The number of ether oxygens (including phenoxy) is 1. The second-order valence-corrected chi connectivity index (χ2v) is 10.0. The summed E-state index contributed by atoms with van der Waals surface area (Å²) >= 11 is 0. The molecule has 3 atom stereocenters. The molecule has 148 valence electrons. The number of carbonyl (C=O) groups excluding carboxylic acids is 1. The van der Waals surface area contributed by atoms with Crippen LogP contribution >= 0.6 is 0 Å². The Bertz CT molecular complexity index is 817. The molecule has 3 fully saturated rings. The normalized spacial score (nSPS) is 28.3. The first-order valence-electron chi connectivity index (χ1n) is 9.98. The molecular formula is C20H28N2O4S. The Hall–Kier alpha value is -1.60. The van der Waals surface area contributed by atoms with Crippen LogP contribution in [0.15, 0.2) is 23.1 Å². The average molecular weight is 393 g/mol. The molecule has 2 bridgehead atoms. The topological polar surface area (TPSA) is 75.7 Å². The van der Waals surface area contributed by atoms with Gasteiger partial charge in [-0.2, -0.15) is 4.31 Å². The van der Waals surface area contributed by atoms with E-state index in [9.17, 15) is 13.2 Å². The van der Waals surface area contributed by atoms with Crippen molar-refractivity contribution in [3.05, 3.63) is 18.2 Å². The summed E-state index contributed by atoms with van der Waals surface area (Å²) in [7, 11) is -2.16. The van der Waals surface area contributed by atoms with Crippen molar-refractivity contribution in [1.82, 2.24) is 4.31 Å². The molecule has 1 heterocycles. The van der Waals surface area contributed by atoms with E-state index in [1.807, 2.05) is 0 Å². The highest BCUT2D eigenvalue weighted by atomic mass is 32.2. The molecule has 3 aliphatic rings. The van der Waals surface area contributed by atoms with Crippen molar-refractivity contribution < 1.29 is 17.9 Å². The molecule has 1 saturated heterocycles. The zero-order valence-corrected chi connectivity index (χ0v) is 16.6. The van der Waals surface area contributed by atoms with E-state index < -0.39 is 10.0 Å². The van der Waals surface area contributed by atoms with Crippen LogP contribution in [0, 0.1) is 17.8 Å². The highest BCUT2D eigenvalue weighted by molar-refractivity contribution is 7.89. The number of benzene rings is 1. The van der Waals surface area contributed by atoms with Gasteiger partial charge in [0, 0.05) is 24.7 Å². The minimum Gasteiger partial charge on any atom is -0.495 e. The van der Waals surface area contributed by atoms with Gasteiger partial charge in [-0.15, -0.1) is 0 Å². The molecule has 7 heteroatoms. The second-order valence-electron chi connectivity index (χ2n) is 8.10. The molecule has 2 aliphatic carbocycles. The molecule has 0 spiro atoms. The lowest BCUT2D eigenvalue weighted by atomic mass is 9.88. The van der Waals surface area contributed by atoms with Gasteiger partial charge in [0.2, 0.25) is 15.9 Å². The summed E-state index contributed by atoms with van der Waals surface area (Å²) in [6.45, 7) is 1.07. The Morgan fingerprint density at radius 2 is 1.93 bits per heavy atom. The fourth-order valence-electron chi connectivity index (χ4n) is 5.00. The molecule has 1 N–H and O–H groups in total. The van der Waals surface area contributed by atoms with Gasteiger partial charge in [-0.3, -0.25) is 4.79 Å². The van der Waals surface area contributed by atoms with E-state index in [4.69, 9.17) is 4.74 Å². The Morgan fingerprint density at radius 1 is 1.15 bits per heavy atom. The quantitative estimate of drug-likeness (QED) is 0.835. The molecule has 0 radical (unpaired) electrons. The van der Waals surface area contributed by atoms with E-state index in [1.165, 1.54) is 17.8 Å². The number of amides is 1. The molecule has 0 aromatic heterocycles. The van der Waals surface area contributed by atoms with Crippen LogP contribution in [0.5, 0.6) is 5.75 Å². The summed E-state index contributed by atoms with van der Waals surface area (Å²) in [6.07, 6.45) is 7.32. The highest BCUT2D eigenvalue weighted by Crippen LogP contribution is 2.48. The number of hydrogen-bond acceptors (Lipinski definition) is 4. The predicted octanol–water partition coefficient (Wildman–Crippen LogP) is 3.24. The Kier molecular flexibility index (Phi) is 5.16. The van der Waals surface area contributed by atoms with Crippen molar-refractivity contribution in [1.29, 1.82) is 0 Å². The Balaban J connectivity index is 1.56. The Labute approximate surface area is 161 Å². The maximum atomic E-state index is 13.1. The molecule has 27 heavy (non-hydrogen) atoms. The molecule has 1 aromatic carbocycles. The maximum absolute atomic E-state index is 13.1. The van der Waals surface area contributed by atoms with Gasteiger partial charge in [-0.1, -0.05) is 12.8 Å². The van der Waals surface area contributed by atoms with E-state index in [-0.39, 0.29) is 16.7 Å². The van der Waals surface area contributed by atoms with Gasteiger partial charge in [-0.25, -0.2) is 8.42 Å². The second kappa shape index (κ2) is 7.43. The summed E-state index contributed by atoms with van der Waals surface area (Å²) < 4.78 is 33.0. The SMILES string of the molecule is COc1ccc(NC(=O)C2CC3CCC2C3)cc1S(=O)(=O)N1CCCCC1. The lowest BCUT2D eigenvalue weighted by molar-refractivity contribution is -0.121. The van der Waals surface area contributed by atoms with E-state index in [2.05, 4.69) is 5.32 Å². The number of methoxy groups -OCH3 is 1. The monoisotopic (exact) mass is 392 g/mol. The van der Waals surface area contributed by atoms with E-state index in [1.54, 1.807) is 18.2 Å². The predicted molar refractivity (Wildman–Crippen MR) is 103 cm³/mol. The molecule has 3 unspecified atom stereocenters. The zero-order chi connectivity index (χ0) is 19.0. The maximum Gasteiger partial charge on any atom is 0.246 e. The van der Waals surface area contributed by atoms with Gasteiger partial charge in [0.1, 0.15) is 10.6 Å². The largest absolute Gasteiger partial charge is 0.495 e. The van der Waals surface area contributed by atoms with Crippen LogP contribution < -0.4 is 10.1 Å². The van der Waals surface area contributed by atoms with Gasteiger partial charge in [0.15, 0.2) is 0 Å². The van der Waals surface area contributed by atoms with Crippen LogP contribution in [-0.2, 0) is 14.8 Å². The summed E-state index contributed by atoms with van der Waals surface area (Å²) in [4.78, 5) is 12.9. The molecular weight excluding hydrogens is 364 g/mol. The van der Waals surface area contributed by atoms with Crippen molar-refractivity contribution in [2.24, 2.45) is 17.8 Å². The number of rotatable bonds is 5. The number of fused-ring (bicyclic) bond motifs is 2. The van der Waals surface area contributed by atoms with Gasteiger partial charge in [-0.05, 0) is 62.1 Å². The standard InChI is InChI=1S/C20H28N2O4S/c1-26-18-8-7-16(21-20(23)17-12-14-5-6-15(17)11-14)13-19(18)27(24,25)22-9-3-2-4-10-22/h7-8,13-15,17H,2-6,9-12H2,1H3,(H,21,23). The summed E-state index contributed by atoms with van der Waals surface area (Å²) in [5, 5.41) is 2.96. The number of sulfonamides is 1.